The summed E-state index contributed by atoms with van der Waals surface area (Å²) >= 11 is 0. The minimum Gasteiger partial charge on any atom is -0.480 e. The van der Waals surface area contributed by atoms with Crippen LogP contribution in [-0.4, -0.2) is 35.9 Å². The molecule has 1 aliphatic carbocycles. The molecule has 0 spiro atoms. The number of aryl methyl sites for hydroxylation is 1. The molecule has 0 unspecified atom stereocenters. The number of hydrogen-bond donors (Lipinski definition) is 1. The molecule has 2 fully saturated rings. The number of fused-ring (bicyclic) bond motifs is 1. The van der Waals surface area contributed by atoms with Crippen LogP contribution < -0.4 is 0 Å². The molecule has 2 aliphatic rings. The van der Waals surface area contributed by atoms with Gasteiger partial charge in [0.25, 0.3) is 10.0 Å². The van der Waals surface area contributed by atoms with E-state index in [9.17, 15) is 18.3 Å². The molecule has 1 aliphatic heterocycles. The molecule has 1 saturated heterocycles. The van der Waals surface area contributed by atoms with Gasteiger partial charge in [-0.05, 0) is 37.7 Å². The average Bonchev–Trinajstić information content (AvgIpc) is 3.02. The Bertz CT molecular complexity index is 650. The Balaban J connectivity index is 2.02. The summed E-state index contributed by atoms with van der Waals surface area (Å²) in [5, 5.41) is 9.25. The van der Waals surface area contributed by atoms with Gasteiger partial charge in [0.15, 0.2) is 0 Å². The fourth-order valence-corrected chi connectivity index (χ4v) is 5.48. The predicted octanol–water partition coefficient (Wildman–Crippen LogP) is 1.99. The maximum atomic E-state index is 12.8. The molecule has 2 heterocycles. The maximum Gasteiger partial charge on any atom is 0.322 e. The topological polar surface area (TPSA) is 87.8 Å². The van der Waals surface area contributed by atoms with E-state index in [1.807, 2.05) is 0 Å². The second kappa shape index (κ2) is 5.14. The quantitative estimate of drug-likeness (QED) is 0.922. The van der Waals surface area contributed by atoms with Gasteiger partial charge in [0.05, 0.1) is 6.26 Å². The summed E-state index contributed by atoms with van der Waals surface area (Å²) in [4.78, 5) is 11.5. The van der Waals surface area contributed by atoms with Crippen molar-refractivity contribution in [2.75, 3.05) is 0 Å². The number of carboxylic acids is 1. The van der Waals surface area contributed by atoms with Crippen LogP contribution in [0.4, 0.5) is 0 Å². The zero-order chi connectivity index (χ0) is 15.2. The van der Waals surface area contributed by atoms with Crippen LogP contribution in [0, 0.1) is 12.8 Å². The smallest absolute Gasteiger partial charge is 0.322 e. The first kappa shape index (κ1) is 14.6. The highest BCUT2D eigenvalue weighted by Gasteiger charge is 2.51. The van der Waals surface area contributed by atoms with E-state index in [0.29, 0.717) is 12.0 Å². The van der Waals surface area contributed by atoms with Crippen molar-refractivity contribution in [1.82, 2.24) is 4.31 Å². The van der Waals surface area contributed by atoms with E-state index in [-0.39, 0.29) is 17.1 Å². The van der Waals surface area contributed by atoms with Crippen molar-refractivity contribution in [3.63, 3.8) is 0 Å². The predicted molar refractivity (Wildman–Crippen MR) is 74.3 cm³/mol. The van der Waals surface area contributed by atoms with Gasteiger partial charge in [-0.15, -0.1) is 0 Å². The summed E-state index contributed by atoms with van der Waals surface area (Å²) in [6.07, 6.45) is 5.39. The van der Waals surface area contributed by atoms with E-state index >= 15 is 0 Å². The third-order valence-corrected chi connectivity index (χ3v) is 6.36. The number of hydrogen-bond acceptors (Lipinski definition) is 4. The summed E-state index contributed by atoms with van der Waals surface area (Å²) in [6, 6.07) is 0.258. The average molecular weight is 313 g/mol. The largest absolute Gasteiger partial charge is 0.480 e. The second-order valence-corrected chi connectivity index (χ2v) is 7.75. The van der Waals surface area contributed by atoms with Crippen molar-refractivity contribution in [2.45, 2.75) is 56.2 Å². The highest BCUT2D eigenvalue weighted by atomic mass is 32.2. The Morgan fingerprint density at radius 2 is 2.10 bits per heavy atom. The fraction of sp³-hybridized carbons (Fsp3) is 0.643. The molecule has 1 N–H and O–H groups in total. The van der Waals surface area contributed by atoms with Crippen molar-refractivity contribution in [3.05, 3.63) is 17.9 Å². The zero-order valence-electron chi connectivity index (χ0n) is 11.9. The molecule has 21 heavy (non-hydrogen) atoms. The second-order valence-electron chi connectivity index (χ2n) is 5.98. The number of carboxylic acid groups (broad SMARTS) is 1. The molecule has 1 aromatic rings. The van der Waals surface area contributed by atoms with Crippen molar-refractivity contribution in [2.24, 2.45) is 5.92 Å². The molecule has 3 rings (SSSR count). The van der Waals surface area contributed by atoms with Crippen LogP contribution >= 0.6 is 0 Å². The first-order valence-electron chi connectivity index (χ1n) is 7.23. The lowest BCUT2D eigenvalue weighted by molar-refractivity contribution is -0.141. The van der Waals surface area contributed by atoms with Crippen molar-refractivity contribution < 1.29 is 22.7 Å². The Kier molecular flexibility index (Phi) is 3.57. The van der Waals surface area contributed by atoms with E-state index in [4.69, 9.17) is 4.42 Å². The molecule has 0 amide bonds. The minimum atomic E-state index is -3.90. The van der Waals surface area contributed by atoms with Gasteiger partial charge >= 0.3 is 5.97 Å². The van der Waals surface area contributed by atoms with E-state index < -0.39 is 22.0 Å². The summed E-state index contributed by atoms with van der Waals surface area (Å²) < 4.78 is 31.9. The molecule has 3 atom stereocenters. The number of furan rings is 1. The Labute approximate surface area is 123 Å². The highest BCUT2D eigenvalue weighted by molar-refractivity contribution is 7.89. The van der Waals surface area contributed by atoms with Gasteiger partial charge in [0.1, 0.15) is 6.04 Å². The number of rotatable bonds is 3. The van der Waals surface area contributed by atoms with Crippen LogP contribution in [0.15, 0.2) is 21.8 Å². The van der Waals surface area contributed by atoms with E-state index in [0.717, 1.165) is 25.7 Å². The minimum absolute atomic E-state index is 0.144. The third-order valence-electron chi connectivity index (χ3n) is 4.55. The van der Waals surface area contributed by atoms with Crippen molar-refractivity contribution in [1.29, 1.82) is 0 Å². The molecule has 0 bridgehead atoms. The lowest BCUT2D eigenvalue weighted by Gasteiger charge is -2.31. The van der Waals surface area contributed by atoms with Crippen LogP contribution in [-0.2, 0) is 14.8 Å². The normalized spacial score (nSPS) is 30.2. The Morgan fingerprint density at radius 3 is 2.71 bits per heavy atom. The number of carbonyl (C=O) groups is 1. The van der Waals surface area contributed by atoms with Crippen LogP contribution in [0.1, 0.15) is 37.7 Å². The molecule has 1 aromatic heterocycles. The molecular formula is C14H19NO5S. The lowest BCUT2D eigenvalue weighted by atomic mass is 9.85. The van der Waals surface area contributed by atoms with E-state index in [1.54, 1.807) is 6.92 Å². The Hall–Kier alpha value is -1.34. The molecule has 0 radical (unpaired) electrons. The summed E-state index contributed by atoms with van der Waals surface area (Å²) in [6.45, 7) is 1.74. The van der Waals surface area contributed by atoms with Crippen LogP contribution in [0.25, 0.3) is 0 Å². The van der Waals surface area contributed by atoms with Gasteiger partial charge in [-0.2, -0.15) is 4.31 Å². The van der Waals surface area contributed by atoms with Gasteiger partial charge < -0.3 is 9.52 Å². The fourth-order valence-electron chi connectivity index (χ4n) is 3.62. The molecule has 1 saturated carbocycles. The number of nitrogens with zero attached hydrogens (tertiary/aromatic N) is 1. The zero-order valence-corrected chi connectivity index (χ0v) is 12.7. The monoisotopic (exact) mass is 313 g/mol. The summed E-state index contributed by atoms with van der Waals surface area (Å²) in [5.74, 6) is -0.929. The lowest BCUT2D eigenvalue weighted by Crippen LogP contribution is -2.45. The highest BCUT2D eigenvalue weighted by Crippen LogP contribution is 2.42. The van der Waals surface area contributed by atoms with Gasteiger partial charge in [-0.3, -0.25) is 4.79 Å². The number of aliphatic carboxylic acids is 1. The standard InChI is InChI=1S/C14H19NO5S/c1-9-6-13(20-8-9)21(18,19)15-11-5-3-2-4-10(11)7-12(15)14(16)17/h6,8,10-12H,2-5,7H2,1H3,(H,16,17)/t10-,11-,12-/m0/s1. The SMILES string of the molecule is Cc1coc(S(=O)(=O)N2[C@H](C(=O)O)C[C@@H]3CCCC[C@@H]32)c1. The van der Waals surface area contributed by atoms with Crippen molar-refractivity contribution >= 4 is 16.0 Å². The van der Waals surface area contributed by atoms with Gasteiger partial charge in [-0.25, -0.2) is 8.42 Å². The molecule has 0 aromatic carbocycles. The van der Waals surface area contributed by atoms with Crippen molar-refractivity contribution in [3.8, 4) is 0 Å². The molecule has 6 nitrogen and oxygen atoms in total. The maximum absolute atomic E-state index is 12.8. The first-order valence-corrected chi connectivity index (χ1v) is 8.67. The Morgan fingerprint density at radius 1 is 1.38 bits per heavy atom. The molecule has 116 valence electrons. The molecular weight excluding hydrogens is 294 g/mol. The van der Waals surface area contributed by atoms with Crippen LogP contribution in [0.2, 0.25) is 0 Å². The summed E-state index contributed by atoms with van der Waals surface area (Å²) in [5.41, 5.74) is 0.708. The molecule has 7 heteroatoms. The van der Waals surface area contributed by atoms with Gasteiger partial charge in [0.2, 0.25) is 5.09 Å². The third kappa shape index (κ3) is 2.38. The first-order chi connectivity index (χ1) is 9.91. The number of sulfonamides is 1. The van der Waals surface area contributed by atoms with Gasteiger partial charge in [-0.1, -0.05) is 12.8 Å². The summed E-state index contributed by atoms with van der Waals surface area (Å²) in [7, 11) is -3.90. The van der Waals surface area contributed by atoms with E-state index in [1.165, 1.54) is 16.6 Å². The van der Waals surface area contributed by atoms with Gasteiger partial charge in [0, 0.05) is 12.1 Å². The van der Waals surface area contributed by atoms with Crippen LogP contribution in [0.3, 0.4) is 0 Å². The van der Waals surface area contributed by atoms with E-state index in [2.05, 4.69) is 0 Å². The van der Waals surface area contributed by atoms with Crippen LogP contribution in [0.5, 0.6) is 0 Å².